The van der Waals surface area contributed by atoms with Gasteiger partial charge >= 0.3 is 0 Å². The molecule has 710 valence electrons. The Morgan fingerprint density at radius 1 is 0.365 bits per heavy atom. The molecule has 0 saturated heterocycles. The number of hydrogen-bond acceptors (Lipinski definition) is 29. The van der Waals surface area contributed by atoms with Crippen molar-refractivity contribution in [3.05, 3.63) is 254 Å². The van der Waals surface area contributed by atoms with E-state index in [9.17, 15) is 144 Å². The van der Waals surface area contributed by atoms with Gasteiger partial charge in [-0.15, -0.1) is 0 Å². The topological polar surface area (TPSA) is 676 Å². The van der Waals surface area contributed by atoms with Crippen molar-refractivity contribution in [2.45, 2.75) is 158 Å². The van der Waals surface area contributed by atoms with Crippen molar-refractivity contribution in [1.82, 2.24) is 0 Å². The van der Waals surface area contributed by atoms with Gasteiger partial charge in [0.25, 0.3) is 29.5 Å². The zero-order valence-corrected chi connectivity index (χ0v) is 75.7. The standard InChI is InChI=1S/C28H27NO7.C28H25NO7.C24H29NO7Si.C22H18N2O8/c2*1-13-2-4-14(5-3-13)6-7-15-8-9-19(30)22-18(15)11-16-10-17-12-20(31)23(27(29)35)26(34)28(17,36)25(33)21(16)24(22)32;1-33(2,3)7-6-11-4-5-15(26)18-14(11)9-12-8-13-10-16(27)19(23(25)31)22(30)24(13,32)21(29)17(12)20(18)28;23-14(27)4-2-8-1-3-12(25)16-11(8)6-9-5-10-7-13(26)17(21(24)31)20(30)22(10,32)19(29)15(9)18(16)28/h2-5,8-9,16-17,30,32,34,36H,6-7,10-12H2,1H3,(H2,29,35);2-9,16-17,30,32,34,36H,10-12H2,1H3,(H2,29,35);4-5,12-13,26,28,30,32H,6-10H2,1-3H3,(H2,25,31);1,3,9-10,25,28,30,32H,5-7H2,(H2,23,27)(H2,24,31)/b;7-6+;;/t2*16-,17+,28+;12-,13+,24+;9-,10+,22+/m1111/s1. The maximum atomic E-state index is 13.5. The summed E-state index contributed by atoms with van der Waals surface area (Å²) in [4.78, 5) is 161. The van der Waals surface area contributed by atoms with Crippen LogP contribution in [0, 0.1) is 73.0 Å². The number of aryl methyl sites for hydroxylation is 5. The van der Waals surface area contributed by atoms with Gasteiger partial charge in [0.1, 0.15) is 91.4 Å². The summed E-state index contributed by atoms with van der Waals surface area (Å²) < 4.78 is 0. The summed E-state index contributed by atoms with van der Waals surface area (Å²) in [5.41, 5.74) is 21.8. The van der Waals surface area contributed by atoms with Gasteiger partial charge in [-0.1, -0.05) is 122 Å². The van der Waals surface area contributed by atoms with Gasteiger partial charge in [0.2, 0.25) is 23.1 Å². The lowest BCUT2D eigenvalue weighted by Gasteiger charge is -2.46. The summed E-state index contributed by atoms with van der Waals surface area (Å²) in [6.45, 7) is 10.8. The van der Waals surface area contributed by atoms with Crippen LogP contribution in [0.4, 0.5) is 0 Å². The van der Waals surface area contributed by atoms with Crippen molar-refractivity contribution in [1.29, 1.82) is 0 Å². The van der Waals surface area contributed by atoms with Crippen molar-refractivity contribution in [2.75, 3.05) is 0 Å². The summed E-state index contributed by atoms with van der Waals surface area (Å²) in [5, 5.41) is 174. The van der Waals surface area contributed by atoms with Crippen molar-refractivity contribution in [3.8, 4) is 34.8 Å². The monoisotopic (exact) mass is 1890 g/mol. The highest BCUT2D eigenvalue weighted by Gasteiger charge is 2.66. The largest absolute Gasteiger partial charge is 0.508 e. The molecule has 6 aromatic rings. The summed E-state index contributed by atoms with van der Waals surface area (Å²) in [5.74, 6) is -21.8. The summed E-state index contributed by atoms with van der Waals surface area (Å²) in [7, 11) is -1.36. The molecular formula is C102H99N5O29Si. The molecule has 12 atom stereocenters. The molecule has 34 nitrogen and oxygen atoms in total. The Morgan fingerprint density at radius 2 is 0.664 bits per heavy atom. The lowest BCUT2D eigenvalue weighted by molar-refractivity contribution is -0.149. The Kier molecular flexibility index (Phi) is 24.9. The molecule has 5 amide bonds. The van der Waals surface area contributed by atoms with Gasteiger partial charge in [-0.3, -0.25) is 62.3 Å². The van der Waals surface area contributed by atoms with Crippen LogP contribution in [0.5, 0.6) is 23.0 Å². The van der Waals surface area contributed by atoms with E-state index in [2.05, 4.69) is 43.6 Å². The van der Waals surface area contributed by atoms with Crippen molar-refractivity contribution in [2.24, 2.45) is 76.0 Å². The molecule has 0 bridgehead atoms. The molecule has 6 aromatic carbocycles. The molecule has 12 aliphatic carbocycles. The van der Waals surface area contributed by atoms with E-state index in [1.165, 1.54) is 30.3 Å². The second-order valence-corrected chi connectivity index (χ2v) is 43.9. The molecular weight excluding hydrogens is 1790 g/mol. The SMILES string of the molecule is C[Si](C)(C)CCc1ccc(O)c2c1C[C@H]1C[C@H]3CC(=O)C(C(N)=O)=C(O)[C@@]3(O)C(=O)C1=C2O.Cc1ccc(/C=C/c2ccc(O)c3c2C[C@H]2C[C@H]4CC(=O)C(C(N)=O)=C(O)[C@@]4(O)C(=O)C2=C3O)cc1.Cc1ccc(CCc2ccc(O)c3c2C[C@H]2C[C@H]4CC(=O)C(C(N)=O)=C(O)[C@@]4(O)C(=O)C2=C3O)cc1.NC(=O)C#Cc1ccc(O)c2c1C[C@H]1C[C@H]3CC(=O)C(C(N)=O)=C(O)[C@@]3(O)C(=O)C1=C2O. The lowest BCUT2D eigenvalue weighted by atomic mass is 9.59. The second kappa shape index (κ2) is 35.3. The zero-order chi connectivity index (χ0) is 99.9. The molecule has 0 spiro atoms. The Bertz CT molecular complexity index is 6860. The number of phenols is 4. The first kappa shape index (κ1) is 96.5. The number of carbonyl (C=O) groups excluding carboxylic acids is 13. The van der Waals surface area contributed by atoms with Gasteiger partial charge in [0.05, 0.1) is 22.3 Å². The predicted octanol–water partition coefficient (Wildman–Crippen LogP) is 6.99. The summed E-state index contributed by atoms with van der Waals surface area (Å²) in [6, 6.07) is 29.5. The van der Waals surface area contributed by atoms with Gasteiger partial charge < -0.3 is 110 Å². The van der Waals surface area contributed by atoms with Crippen LogP contribution in [-0.2, 0) is 107 Å². The van der Waals surface area contributed by atoms with E-state index in [4.69, 9.17) is 28.7 Å². The highest BCUT2D eigenvalue weighted by atomic mass is 28.3. The Morgan fingerprint density at radius 3 is 1.00 bits per heavy atom. The van der Waals surface area contributed by atoms with Gasteiger partial charge in [0.15, 0.2) is 45.5 Å². The molecule has 0 radical (unpaired) electrons. The van der Waals surface area contributed by atoms with Crippen molar-refractivity contribution < 1.29 is 144 Å². The van der Waals surface area contributed by atoms with Gasteiger partial charge in [-0.25, -0.2) is 0 Å². The van der Waals surface area contributed by atoms with E-state index < -0.39 is 228 Å². The normalized spacial score (nSPS) is 26.2. The highest BCUT2D eigenvalue weighted by molar-refractivity contribution is 6.76. The maximum Gasteiger partial charge on any atom is 0.293 e. The van der Waals surface area contributed by atoms with Crippen LogP contribution in [0.15, 0.2) is 165 Å². The molecule has 18 rings (SSSR count). The van der Waals surface area contributed by atoms with Crippen LogP contribution < -0.4 is 28.7 Å². The molecule has 0 aliphatic heterocycles. The summed E-state index contributed by atoms with van der Waals surface area (Å²) in [6.07, 6.45) is 5.91. The fraction of sp³-hybridized carbons (Fsp3) is 0.324. The predicted molar refractivity (Wildman–Crippen MR) is 492 cm³/mol. The minimum Gasteiger partial charge on any atom is -0.508 e. The van der Waals surface area contributed by atoms with Crippen LogP contribution in [-0.4, -0.2) is 188 Å². The number of hydrogen-bond donors (Lipinski definition) is 21. The first-order valence-electron chi connectivity index (χ1n) is 44.2. The number of aromatic hydroxyl groups is 4. The average Bonchev–Trinajstić information content (AvgIpc) is 0.720. The van der Waals surface area contributed by atoms with Crippen LogP contribution in [0.2, 0.25) is 25.7 Å². The number of Topliss-reactive ketones (excluding diaryl/α,β-unsaturated/α-hetero) is 8. The van der Waals surface area contributed by atoms with Crippen LogP contribution in [0.3, 0.4) is 0 Å². The molecule has 0 unspecified atom stereocenters. The van der Waals surface area contributed by atoms with Gasteiger partial charge in [-0.05, 0) is 194 Å². The number of ketones is 8. The number of amides is 5. The molecule has 137 heavy (non-hydrogen) atoms. The van der Waals surface area contributed by atoms with E-state index in [1.54, 1.807) is 12.1 Å². The quantitative estimate of drug-likeness (QED) is 0.0254. The molecule has 4 fully saturated rings. The number of aliphatic hydroxyl groups excluding tert-OH is 8. The lowest BCUT2D eigenvalue weighted by Crippen LogP contribution is -2.58. The number of carbonyl (C=O) groups is 13. The third-order valence-electron chi connectivity index (χ3n) is 28.8. The number of nitrogens with two attached hydrogens (primary N) is 5. The van der Waals surface area contributed by atoms with Crippen LogP contribution >= 0.6 is 0 Å². The van der Waals surface area contributed by atoms with Gasteiger partial charge in [0, 0.05) is 85.3 Å². The second-order valence-electron chi connectivity index (χ2n) is 38.2. The number of benzene rings is 6. The molecule has 26 N–H and O–H groups in total. The van der Waals surface area contributed by atoms with E-state index in [-0.39, 0.29) is 125 Å². The molecule has 35 heteroatoms. The Labute approximate surface area is 781 Å². The maximum absolute atomic E-state index is 13.5. The molecule has 0 aromatic heterocycles. The fourth-order valence-corrected chi connectivity index (χ4v) is 22.9. The highest BCUT2D eigenvalue weighted by Crippen LogP contribution is 2.59. The minimum atomic E-state index is -2.62. The van der Waals surface area contributed by atoms with E-state index in [1.807, 2.05) is 68.5 Å². The zero-order valence-electron chi connectivity index (χ0n) is 74.7. The van der Waals surface area contributed by atoms with E-state index in [0.29, 0.717) is 41.5 Å². The minimum absolute atomic E-state index is 0.00125. The Hall–Kier alpha value is -15.1. The number of aliphatic hydroxyl groups is 12. The molecule has 0 heterocycles. The smallest absolute Gasteiger partial charge is 0.293 e. The van der Waals surface area contributed by atoms with Crippen LogP contribution in [0.25, 0.3) is 35.2 Å². The average molecular weight is 1890 g/mol. The van der Waals surface area contributed by atoms with E-state index >= 15 is 0 Å². The van der Waals surface area contributed by atoms with Gasteiger partial charge in [-0.2, -0.15) is 0 Å². The number of fused-ring (bicyclic) bond motifs is 12. The fourth-order valence-electron chi connectivity index (χ4n) is 21.9. The Balaban J connectivity index is 0.000000139. The third kappa shape index (κ3) is 16.1. The first-order valence-corrected chi connectivity index (χ1v) is 47.9. The molecule has 4 saturated carbocycles. The number of primary amides is 5. The summed E-state index contributed by atoms with van der Waals surface area (Å²) >= 11 is 0. The first-order chi connectivity index (χ1) is 64.3. The third-order valence-corrected chi connectivity index (χ3v) is 30.6. The van der Waals surface area contributed by atoms with Crippen molar-refractivity contribution >= 4 is 119 Å². The van der Waals surface area contributed by atoms with Crippen molar-refractivity contribution in [3.63, 3.8) is 0 Å². The molecule has 12 aliphatic rings. The van der Waals surface area contributed by atoms with E-state index in [0.717, 1.165) is 63.4 Å². The van der Waals surface area contributed by atoms with Crippen LogP contribution in [0.1, 0.15) is 140 Å². The number of phenolic OH excluding ortho intramolecular Hbond substituents is 4. The number of rotatable bonds is 12.